The lowest BCUT2D eigenvalue weighted by Gasteiger charge is -2.31. The Morgan fingerprint density at radius 2 is 1.92 bits per heavy atom. The first-order valence-electron chi connectivity index (χ1n) is 13.2. The zero-order valence-corrected chi connectivity index (χ0v) is 22.2. The number of carbonyl (C=O) groups excluding carboxylic acids is 1. The number of carbonyl (C=O) groups is 1. The first-order chi connectivity index (χ1) is 18.9. The van der Waals surface area contributed by atoms with Crippen molar-refractivity contribution in [3.05, 3.63) is 71.0 Å². The largest absolute Gasteiger partial charge is 0.506 e. The van der Waals surface area contributed by atoms with Crippen LogP contribution in [-0.2, 0) is 6.61 Å². The number of aromatic nitrogens is 2. The normalized spacial score (nSPS) is 17.4. The molecule has 0 bridgehead atoms. The number of phenols is 1. The van der Waals surface area contributed by atoms with Crippen LogP contribution in [0.2, 0.25) is 5.02 Å². The summed E-state index contributed by atoms with van der Waals surface area (Å²) in [5.41, 5.74) is 10.8. The molecule has 6 rings (SSSR count). The number of aliphatic hydroxyl groups is 1. The molecule has 39 heavy (non-hydrogen) atoms. The van der Waals surface area contributed by atoms with Gasteiger partial charge in [-0.1, -0.05) is 17.7 Å². The zero-order chi connectivity index (χ0) is 27.1. The number of nitrogens with two attached hydrogens (primary N) is 1. The van der Waals surface area contributed by atoms with Crippen LogP contribution in [0.3, 0.4) is 0 Å². The lowest BCUT2D eigenvalue weighted by atomic mass is 9.98. The highest BCUT2D eigenvalue weighted by Gasteiger charge is 2.32. The Hall–Kier alpha value is -3.72. The second-order valence-electron chi connectivity index (χ2n) is 10.4. The number of rotatable bonds is 7. The van der Waals surface area contributed by atoms with Crippen molar-refractivity contribution >= 4 is 45.5 Å². The number of fused-ring (bicyclic) bond motifs is 1. The molecule has 5 N–H and O–H groups in total. The van der Waals surface area contributed by atoms with Crippen LogP contribution in [0.5, 0.6) is 5.75 Å². The van der Waals surface area contributed by atoms with E-state index in [0.717, 1.165) is 72.3 Å². The quantitative estimate of drug-likeness (QED) is 0.228. The summed E-state index contributed by atoms with van der Waals surface area (Å²) in [6, 6.07) is 13.2. The smallest absolute Gasteiger partial charge is 0.169 e. The Morgan fingerprint density at radius 3 is 2.64 bits per heavy atom. The fraction of sp³-hybridized carbons (Fsp3) is 0.300. The van der Waals surface area contributed by atoms with Gasteiger partial charge >= 0.3 is 0 Å². The number of halogens is 1. The number of piperidine rings is 1. The van der Waals surface area contributed by atoms with Gasteiger partial charge < -0.3 is 26.2 Å². The molecular weight excluding hydrogens is 514 g/mol. The molecule has 3 heterocycles. The Balaban J connectivity index is 1.41. The number of benzene rings is 2. The molecule has 0 spiro atoms. The summed E-state index contributed by atoms with van der Waals surface area (Å²) in [7, 11) is 0. The number of hydrogen-bond donors (Lipinski definition) is 4. The third-order valence-electron chi connectivity index (χ3n) is 7.53. The van der Waals surface area contributed by atoms with E-state index in [4.69, 9.17) is 17.3 Å². The van der Waals surface area contributed by atoms with E-state index in [0.29, 0.717) is 16.8 Å². The van der Waals surface area contributed by atoms with Gasteiger partial charge in [-0.25, -0.2) is 4.98 Å². The molecule has 1 aliphatic heterocycles. The summed E-state index contributed by atoms with van der Waals surface area (Å²) in [4.78, 5) is 24.8. The van der Waals surface area contributed by atoms with E-state index in [2.05, 4.69) is 20.2 Å². The van der Waals surface area contributed by atoms with Gasteiger partial charge in [-0.2, -0.15) is 0 Å². The van der Waals surface area contributed by atoms with Gasteiger partial charge in [-0.15, -0.1) is 0 Å². The number of aromatic hydroxyl groups is 1. The van der Waals surface area contributed by atoms with Crippen molar-refractivity contribution < 1.29 is 15.0 Å². The monoisotopic (exact) mass is 543 g/mol. The van der Waals surface area contributed by atoms with Crippen molar-refractivity contribution in [1.82, 2.24) is 9.97 Å². The van der Waals surface area contributed by atoms with Crippen LogP contribution in [0.15, 0.2) is 54.9 Å². The molecule has 1 atom stereocenters. The SMILES string of the molecule is NC1CCCN(c2ccc(Nc3c(C(=O)C4CC4)cnc4ccc(-c5cc(Cl)c(O)c(CO)c5)cc34)cn2)C1. The number of anilines is 3. The molecule has 9 heteroatoms. The predicted octanol–water partition coefficient (Wildman–Crippen LogP) is 5.41. The van der Waals surface area contributed by atoms with Crippen LogP contribution in [0.1, 0.15) is 41.6 Å². The lowest BCUT2D eigenvalue weighted by Crippen LogP contribution is -2.43. The van der Waals surface area contributed by atoms with E-state index in [1.807, 2.05) is 30.3 Å². The topological polar surface area (TPSA) is 125 Å². The number of nitrogens with one attached hydrogen (secondary N) is 1. The van der Waals surface area contributed by atoms with Crippen molar-refractivity contribution in [2.45, 2.75) is 38.3 Å². The van der Waals surface area contributed by atoms with Crippen molar-refractivity contribution in [2.24, 2.45) is 11.7 Å². The van der Waals surface area contributed by atoms with Gasteiger partial charge in [0.1, 0.15) is 11.6 Å². The second-order valence-corrected chi connectivity index (χ2v) is 10.8. The maximum atomic E-state index is 13.3. The van der Waals surface area contributed by atoms with E-state index < -0.39 is 0 Å². The molecule has 2 fully saturated rings. The highest BCUT2D eigenvalue weighted by Crippen LogP contribution is 2.40. The van der Waals surface area contributed by atoms with E-state index in [-0.39, 0.29) is 35.1 Å². The second kappa shape index (κ2) is 10.4. The molecule has 0 amide bonds. The average Bonchev–Trinajstić information content (AvgIpc) is 3.80. The third kappa shape index (κ3) is 5.15. The van der Waals surface area contributed by atoms with Crippen LogP contribution in [0.4, 0.5) is 17.2 Å². The number of hydrogen-bond acceptors (Lipinski definition) is 8. The summed E-state index contributed by atoms with van der Waals surface area (Å²) in [6.45, 7) is 1.38. The van der Waals surface area contributed by atoms with Gasteiger partial charge in [0.25, 0.3) is 0 Å². The molecular formula is C30H30ClN5O3. The molecule has 2 aromatic carbocycles. The molecule has 1 aliphatic carbocycles. The summed E-state index contributed by atoms with van der Waals surface area (Å²) in [6.07, 6.45) is 7.30. The minimum Gasteiger partial charge on any atom is -0.506 e. The van der Waals surface area contributed by atoms with E-state index >= 15 is 0 Å². The molecule has 1 unspecified atom stereocenters. The predicted molar refractivity (Wildman–Crippen MR) is 154 cm³/mol. The average molecular weight is 544 g/mol. The van der Waals surface area contributed by atoms with Crippen molar-refractivity contribution in [3.63, 3.8) is 0 Å². The summed E-state index contributed by atoms with van der Waals surface area (Å²) >= 11 is 6.24. The molecule has 2 aliphatic rings. The summed E-state index contributed by atoms with van der Waals surface area (Å²) < 4.78 is 0. The third-order valence-corrected chi connectivity index (χ3v) is 7.81. The fourth-order valence-corrected chi connectivity index (χ4v) is 5.45. The van der Waals surface area contributed by atoms with Crippen LogP contribution >= 0.6 is 11.6 Å². The van der Waals surface area contributed by atoms with Crippen LogP contribution in [0.25, 0.3) is 22.0 Å². The number of aliphatic hydroxyl groups excluding tert-OH is 1. The van der Waals surface area contributed by atoms with Gasteiger partial charge in [-0.3, -0.25) is 9.78 Å². The minimum atomic E-state index is -0.340. The van der Waals surface area contributed by atoms with Crippen molar-refractivity contribution in [2.75, 3.05) is 23.3 Å². The molecule has 1 saturated heterocycles. The highest BCUT2D eigenvalue weighted by atomic mass is 35.5. The minimum absolute atomic E-state index is 0.0276. The highest BCUT2D eigenvalue weighted by molar-refractivity contribution is 6.32. The molecule has 200 valence electrons. The lowest BCUT2D eigenvalue weighted by molar-refractivity contribution is 0.0968. The number of Topliss-reactive ketones (excluding diaryl/α,β-unsaturated/α-hetero) is 1. The maximum Gasteiger partial charge on any atom is 0.169 e. The molecule has 0 radical (unpaired) electrons. The Morgan fingerprint density at radius 1 is 1.08 bits per heavy atom. The van der Waals surface area contributed by atoms with Gasteiger partial charge in [0.2, 0.25) is 0 Å². The fourth-order valence-electron chi connectivity index (χ4n) is 5.21. The Bertz CT molecular complexity index is 1560. The van der Waals surface area contributed by atoms with Crippen molar-refractivity contribution in [3.8, 4) is 16.9 Å². The first-order valence-corrected chi connectivity index (χ1v) is 13.6. The van der Waals surface area contributed by atoms with Crippen LogP contribution in [-0.4, -0.2) is 45.1 Å². The Kier molecular flexibility index (Phi) is 6.85. The first kappa shape index (κ1) is 25.6. The molecule has 1 saturated carbocycles. The summed E-state index contributed by atoms with van der Waals surface area (Å²) in [5, 5.41) is 24.2. The summed E-state index contributed by atoms with van der Waals surface area (Å²) in [5.74, 6) is 0.863. The van der Waals surface area contributed by atoms with Crippen LogP contribution < -0.4 is 16.0 Å². The maximum absolute atomic E-state index is 13.3. The molecule has 8 nitrogen and oxygen atoms in total. The van der Waals surface area contributed by atoms with E-state index in [1.54, 1.807) is 24.5 Å². The standard InChI is InChI=1S/C30H30ClN5O3/c31-25-12-19(10-20(16-37)30(25)39)18-5-7-26-23(11-18)28(24(14-33-26)29(38)17-3-4-17)35-22-6-8-27(34-13-22)36-9-1-2-21(32)15-36/h5-8,10-14,17,21,37,39H,1-4,9,15-16,32H2,(H,33,35). The Labute approximate surface area is 231 Å². The number of nitrogens with zero attached hydrogens (tertiary/aromatic N) is 3. The molecule has 4 aromatic rings. The van der Waals surface area contributed by atoms with Gasteiger partial charge in [0.05, 0.1) is 40.3 Å². The van der Waals surface area contributed by atoms with Gasteiger partial charge in [-0.05, 0) is 73.2 Å². The van der Waals surface area contributed by atoms with Gasteiger partial charge in [0.15, 0.2) is 5.78 Å². The van der Waals surface area contributed by atoms with Gasteiger partial charge in [0, 0.05) is 42.2 Å². The van der Waals surface area contributed by atoms with Crippen molar-refractivity contribution in [1.29, 1.82) is 0 Å². The zero-order valence-electron chi connectivity index (χ0n) is 21.4. The van der Waals surface area contributed by atoms with E-state index in [9.17, 15) is 15.0 Å². The van der Waals surface area contributed by atoms with Crippen LogP contribution in [0, 0.1) is 5.92 Å². The number of ketones is 1. The number of pyridine rings is 2. The molecule has 2 aromatic heterocycles. The van der Waals surface area contributed by atoms with E-state index in [1.165, 1.54) is 0 Å².